The van der Waals surface area contributed by atoms with Gasteiger partial charge in [0.05, 0.1) is 12.7 Å². The van der Waals surface area contributed by atoms with Gasteiger partial charge in [0.2, 0.25) is 0 Å². The molecule has 1 aliphatic rings. The number of methoxy groups -OCH3 is 1. The zero-order chi connectivity index (χ0) is 14.5. The number of piperidine rings is 1. The molecule has 110 valence electrons. The van der Waals surface area contributed by atoms with Crippen LogP contribution in [0.3, 0.4) is 0 Å². The number of benzene rings is 1. The highest BCUT2D eigenvalue weighted by molar-refractivity contribution is 5.95. The maximum absolute atomic E-state index is 14.0. The number of halogens is 1. The first-order chi connectivity index (χ1) is 9.67. The average Bonchev–Trinajstić information content (AvgIpc) is 2.47. The Bertz CT molecular complexity index is 477. The molecule has 0 bridgehead atoms. The van der Waals surface area contributed by atoms with E-state index in [1.807, 2.05) is 0 Å². The first-order valence-electron chi connectivity index (χ1n) is 7.02. The van der Waals surface area contributed by atoms with Crippen molar-refractivity contribution in [3.8, 4) is 5.75 Å². The summed E-state index contributed by atoms with van der Waals surface area (Å²) in [6.07, 6.45) is 3.77. The standard InChI is InChI=1S/C15H21FN2O2/c1-20-12-5-6-13(14(16)10-12)15(19)18-9-3-2-4-11(18)7-8-17/h5-6,10-11H,2-4,7-9,17H2,1H3. The third-order valence-corrected chi connectivity index (χ3v) is 3.79. The number of rotatable bonds is 4. The molecule has 4 nitrogen and oxygen atoms in total. The predicted molar refractivity (Wildman–Crippen MR) is 75.3 cm³/mol. The average molecular weight is 280 g/mol. The normalized spacial score (nSPS) is 18.9. The molecule has 1 aromatic rings. The van der Waals surface area contributed by atoms with Gasteiger partial charge in [-0.3, -0.25) is 4.79 Å². The smallest absolute Gasteiger partial charge is 0.257 e. The zero-order valence-electron chi connectivity index (χ0n) is 11.8. The van der Waals surface area contributed by atoms with Crippen LogP contribution in [0.5, 0.6) is 5.75 Å². The number of likely N-dealkylation sites (tertiary alicyclic amines) is 1. The molecule has 2 rings (SSSR count). The lowest BCUT2D eigenvalue weighted by molar-refractivity contribution is 0.0600. The van der Waals surface area contributed by atoms with E-state index >= 15 is 0 Å². The number of amides is 1. The lowest BCUT2D eigenvalue weighted by Crippen LogP contribution is -2.44. The highest BCUT2D eigenvalue weighted by Gasteiger charge is 2.28. The molecule has 1 unspecified atom stereocenters. The first-order valence-corrected chi connectivity index (χ1v) is 7.02. The summed E-state index contributed by atoms with van der Waals surface area (Å²) in [5, 5.41) is 0. The summed E-state index contributed by atoms with van der Waals surface area (Å²) in [5.74, 6) is -0.370. The molecule has 1 heterocycles. The maximum Gasteiger partial charge on any atom is 0.257 e. The number of nitrogens with two attached hydrogens (primary N) is 1. The van der Waals surface area contributed by atoms with E-state index in [0.29, 0.717) is 18.8 Å². The van der Waals surface area contributed by atoms with E-state index in [-0.39, 0.29) is 17.5 Å². The summed E-state index contributed by atoms with van der Waals surface area (Å²) in [6.45, 7) is 1.22. The number of ether oxygens (including phenoxy) is 1. The summed E-state index contributed by atoms with van der Waals surface area (Å²) in [6, 6.07) is 4.47. The molecule has 0 aromatic heterocycles. The van der Waals surface area contributed by atoms with Gasteiger partial charge in [0.1, 0.15) is 11.6 Å². The number of carbonyl (C=O) groups is 1. The van der Waals surface area contributed by atoms with Gasteiger partial charge in [0.25, 0.3) is 5.91 Å². The maximum atomic E-state index is 14.0. The van der Waals surface area contributed by atoms with E-state index in [9.17, 15) is 9.18 Å². The van der Waals surface area contributed by atoms with Crippen LogP contribution in [0.4, 0.5) is 4.39 Å². The van der Waals surface area contributed by atoms with Crippen molar-refractivity contribution >= 4 is 5.91 Å². The molecular weight excluding hydrogens is 259 g/mol. The Morgan fingerprint density at radius 3 is 2.95 bits per heavy atom. The lowest BCUT2D eigenvalue weighted by Gasteiger charge is -2.35. The third-order valence-electron chi connectivity index (χ3n) is 3.79. The zero-order valence-corrected chi connectivity index (χ0v) is 11.8. The van der Waals surface area contributed by atoms with Crippen LogP contribution < -0.4 is 10.5 Å². The van der Waals surface area contributed by atoms with Crippen LogP contribution in [0, 0.1) is 5.82 Å². The number of hydrogen-bond acceptors (Lipinski definition) is 3. The van der Waals surface area contributed by atoms with Crippen molar-refractivity contribution in [2.75, 3.05) is 20.2 Å². The minimum atomic E-state index is -0.536. The minimum Gasteiger partial charge on any atom is -0.497 e. The lowest BCUT2D eigenvalue weighted by atomic mass is 9.98. The summed E-state index contributed by atoms with van der Waals surface area (Å²) in [5.41, 5.74) is 5.71. The second-order valence-corrected chi connectivity index (χ2v) is 5.07. The Balaban J connectivity index is 2.20. The Labute approximate surface area is 118 Å². The van der Waals surface area contributed by atoms with E-state index < -0.39 is 5.82 Å². The third kappa shape index (κ3) is 3.10. The van der Waals surface area contributed by atoms with Crippen LogP contribution in [-0.2, 0) is 0 Å². The molecule has 1 fully saturated rings. The molecule has 1 saturated heterocycles. The van der Waals surface area contributed by atoms with Gasteiger partial charge in [0.15, 0.2) is 0 Å². The van der Waals surface area contributed by atoms with Crippen LogP contribution >= 0.6 is 0 Å². The molecule has 0 aliphatic carbocycles. The summed E-state index contributed by atoms with van der Waals surface area (Å²) < 4.78 is 19.0. The molecule has 1 amide bonds. The summed E-state index contributed by atoms with van der Waals surface area (Å²) >= 11 is 0. The fourth-order valence-electron chi connectivity index (χ4n) is 2.71. The first kappa shape index (κ1) is 14.8. The minimum absolute atomic E-state index is 0.106. The van der Waals surface area contributed by atoms with Crippen molar-refractivity contribution < 1.29 is 13.9 Å². The molecule has 0 radical (unpaired) electrons. The molecule has 1 aliphatic heterocycles. The van der Waals surface area contributed by atoms with E-state index in [4.69, 9.17) is 10.5 Å². The van der Waals surface area contributed by atoms with Crippen LogP contribution in [-0.4, -0.2) is 37.0 Å². The molecule has 2 N–H and O–H groups in total. The fourth-order valence-corrected chi connectivity index (χ4v) is 2.71. The second kappa shape index (κ2) is 6.70. The van der Waals surface area contributed by atoms with E-state index in [0.717, 1.165) is 25.7 Å². The number of hydrogen-bond donors (Lipinski definition) is 1. The molecule has 20 heavy (non-hydrogen) atoms. The van der Waals surface area contributed by atoms with Crippen LogP contribution in [0.2, 0.25) is 0 Å². The second-order valence-electron chi connectivity index (χ2n) is 5.07. The Kier molecular flexibility index (Phi) is 4.95. The summed E-state index contributed by atoms with van der Waals surface area (Å²) in [7, 11) is 1.47. The van der Waals surface area contributed by atoms with Crippen molar-refractivity contribution in [3.63, 3.8) is 0 Å². The Morgan fingerprint density at radius 2 is 2.30 bits per heavy atom. The van der Waals surface area contributed by atoms with Gasteiger partial charge in [-0.2, -0.15) is 0 Å². The number of nitrogens with zero attached hydrogens (tertiary/aromatic N) is 1. The van der Waals surface area contributed by atoms with Gasteiger partial charge in [-0.15, -0.1) is 0 Å². The van der Waals surface area contributed by atoms with Crippen molar-refractivity contribution in [2.24, 2.45) is 5.73 Å². The van der Waals surface area contributed by atoms with Crippen molar-refractivity contribution in [1.82, 2.24) is 4.90 Å². The van der Waals surface area contributed by atoms with E-state index in [2.05, 4.69) is 0 Å². The Morgan fingerprint density at radius 1 is 1.50 bits per heavy atom. The molecule has 1 aromatic carbocycles. The monoisotopic (exact) mass is 280 g/mol. The van der Waals surface area contributed by atoms with Gasteiger partial charge >= 0.3 is 0 Å². The van der Waals surface area contributed by atoms with Crippen molar-refractivity contribution in [3.05, 3.63) is 29.6 Å². The van der Waals surface area contributed by atoms with Gasteiger partial charge in [-0.25, -0.2) is 4.39 Å². The van der Waals surface area contributed by atoms with Crippen LogP contribution in [0.15, 0.2) is 18.2 Å². The molecule has 5 heteroatoms. The van der Waals surface area contributed by atoms with Gasteiger partial charge in [-0.1, -0.05) is 0 Å². The molecular formula is C15H21FN2O2. The predicted octanol–water partition coefficient (Wildman–Crippen LogP) is 2.18. The molecule has 0 saturated carbocycles. The SMILES string of the molecule is COc1ccc(C(=O)N2CCCCC2CCN)c(F)c1. The van der Waals surface area contributed by atoms with Gasteiger partial charge in [-0.05, 0) is 44.4 Å². The molecule has 0 spiro atoms. The van der Waals surface area contributed by atoms with E-state index in [1.54, 1.807) is 11.0 Å². The highest BCUT2D eigenvalue weighted by Crippen LogP contribution is 2.24. The largest absolute Gasteiger partial charge is 0.497 e. The fraction of sp³-hybridized carbons (Fsp3) is 0.533. The van der Waals surface area contributed by atoms with Gasteiger partial charge < -0.3 is 15.4 Å². The summed E-state index contributed by atoms with van der Waals surface area (Å²) in [4.78, 5) is 14.3. The highest BCUT2D eigenvalue weighted by atomic mass is 19.1. The quantitative estimate of drug-likeness (QED) is 0.919. The van der Waals surface area contributed by atoms with E-state index in [1.165, 1.54) is 19.2 Å². The van der Waals surface area contributed by atoms with Crippen LogP contribution in [0.1, 0.15) is 36.0 Å². The van der Waals surface area contributed by atoms with Gasteiger partial charge in [0, 0.05) is 18.7 Å². The Hall–Kier alpha value is -1.62. The topological polar surface area (TPSA) is 55.6 Å². The molecule has 1 atom stereocenters. The van der Waals surface area contributed by atoms with Crippen molar-refractivity contribution in [1.29, 1.82) is 0 Å². The van der Waals surface area contributed by atoms with Crippen LogP contribution in [0.25, 0.3) is 0 Å². The number of carbonyl (C=O) groups excluding carboxylic acids is 1. The van der Waals surface area contributed by atoms with Crippen molar-refractivity contribution in [2.45, 2.75) is 31.7 Å².